The lowest BCUT2D eigenvalue weighted by Crippen LogP contribution is -2.27. The van der Waals surface area contributed by atoms with Crippen LogP contribution in [-0.4, -0.2) is 10.9 Å². The van der Waals surface area contributed by atoms with E-state index in [0.717, 1.165) is 22.4 Å². The Hall–Kier alpha value is -2.62. The van der Waals surface area contributed by atoms with Gasteiger partial charge < -0.3 is 9.73 Å². The molecule has 0 spiro atoms. The van der Waals surface area contributed by atoms with E-state index in [0.29, 0.717) is 5.69 Å². The molecule has 0 fully saturated rings. The van der Waals surface area contributed by atoms with E-state index in [-0.39, 0.29) is 11.9 Å². The van der Waals surface area contributed by atoms with E-state index in [1.165, 1.54) is 0 Å². The minimum absolute atomic E-state index is 0.202. The van der Waals surface area contributed by atoms with Gasteiger partial charge in [-0.25, -0.2) is 4.98 Å². The van der Waals surface area contributed by atoms with Crippen LogP contribution in [0.5, 0.6) is 0 Å². The molecule has 3 aromatic rings. The lowest BCUT2D eigenvalue weighted by molar-refractivity contribution is 0.0930. The Morgan fingerprint density at radius 3 is 2.76 bits per heavy atom. The molecule has 3 rings (SSSR count). The number of furan rings is 1. The molecule has 4 heteroatoms. The number of nitrogens with one attached hydrogen (secondary N) is 1. The molecule has 0 aliphatic heterocycles. The van der Waals surface area contributed by atoms with Crippen LogP contribution < -0.4 is 5.32 Å². The van der Waals surface area contributed by atoms with Gasteiger partial charge in [-0.1, -0.05) is 24.3 Å². The summed E-state index contributed by atoms with van der Waals surface area (Å²) in [5.41, 5.74) is 2.05. The van der Waals surface area contributed by atoms with Crippen molar-refractivity contribution in [2.45, 2.75) is 19.9 Å². The van der Waals surface area contributed by atoms with Crippen molar-refractivity contribution >= 4 is 16.9 Å². The average molecular weight is 280 g/mol. The molecular formula is C17H16N2O2. The maximum atomic E-state index is 12.2. The van der Waals surface area contributed by atoms with Crippen LogP contribution in [0.4, 0.5) is 0 Å². The number of amides is 1. The molecule has 106 valence electrons. The first kappa shape index (κ1) is 13.4. The predicted octanol–water partition coefficient (Wildman–Crippen LogP) is 3.63. The number of carbonyl (C=O) groups is 1. The van der Waals surface area contributed by atoms with Crippen molar-refractivity contribution < 1.29 is 9.21 Å². The fraction of sp³-hybridized carbons (Fsp3) is 0.176. The third-order valence-electron chi connectivity index (χ3n) is 3.34. The van der Waals surface area contributed by atoms with E-state index in [1.54, 1.807) is 6.07 Å². The monoisotopic (exact) mass is 280 g/mol. The van der Waals surface area contributed by atoms with Crippen LogP contribution in [0.2, 0.25) is 0 Å². The normalized spacial score (nSPS) is 12.3. The molecule has 0 radical (unpaired) electrons. The van der Waals surface area contributed by atoms with Crippen LogP contribution in [0, 0.1) is 6.92 Å². The summed E-state index contributed by atoms with van der Waals surface area (Å²) >= 11 is 0. The van der Waals surface area contributed by atoms with Crippen molar-refractivity contribution in [2.24, 2.45) is 0 Å². The van der Waals surface area contributed by atoms with E-state index < -0.39 is 0 Å². The van der Waals surface area contributed by atoms with Gasteiger partial charge in [-0.3, -0.25) is 4.79 Å². The highest BCUT2D eigenvalue weighted by molar-refractivity contribution is 5.92. The standard InChI is InChI=1S/C17H16N2O2/c1-11-6-5-8-14(18-11)17(20)19-12(2)16-10-13-7-3-4-9-15(13)21-16/h3-10,12H,1-2H3,(H,19,20). The molecule has 2 aromatic heterocycles. The van der Waals surface area contributed by atoms with Gasteiger partial charge in [-0.2, -0.15) is 0 Å². The maximum absolute atomic E-state index is 12.2. The Kier molecular flexibility index (Phi) is 3.44. The Labute approximate surface area is 122 Å². The summed E-state index contributed by atoms with van der Waals surface area (Å²) in [6.07, 6.45) is 0. The number of pyridine rings is 1. The highest BCUT2D eigenvalue weighted by Crippen LogP contribution is 2.23. The molecule has 0 saturated heterocycles. The minimum atomic E-state index is -0.216. The SMILES string of the molecule is Cc1cccc(C(=O)NC(C)c2cc3ccccc3o2)n1. The number of para-hydroxylation sites is 1. The van der Waals surface area contributed by atoms with Gasteiger partial charge in [-0.15, -0.1) is 0 Å². The number of benzene rings is 1. The van der Waals surface area contributed by atoms with Crippen LogP contribution in [-0.2, 0) is 0 Å². The second-order valence-corrected chi connectivity index (χ2v) is 5.05. The van der Waals surface area contributed by atoms with Crippen LogP contribution in [0.1, 0.15) is 34.9 Å². The molecule has 1 aromatic carbocycles. The predicted molar refractivity (Wildman–Crippen MR) is 81.1 cm³/mol. The van der Waals surface area contributed by atoms with Gasteiger partial charge in [0.05, 0.1) is 6.04 Å². The molecule has 0 saturated carbocycles. The Morgan fingerprint density at radius 1 is 1.19 bits per heavy atom. The molecule has 4 nitrogen and oxygen atoms in total. The maximum Gasteiger partial charge on any atom is 0.270 e. The summed E-state index contributed by atoms with van der Waals surface area (Å²) in [6.45, 7) is 3.75. The van der Waals surface area contributed by atoms with E-state index in [9.17, 15) is 4.79 Å². The quantitative estimate of drug-likeness (QED) is 0.797. The number of aromatic nitrogens is 1. The van der Waals surface area contributed by atoms with Crippen molar-refractivity contribution in [2.75, 3.05) is 0 Å². The van der Waals surface area contributed by atoms with Gasteiger partial charge >= 0.3 is 0 Å². The summed E-state index contributed by atoms with van der Waals surface area (Å²) in [7, 11) is 0. The van der Waals surface area contributed by atoms with Crippen LogP contribution in [0.3, 0.4) is 0 Å². The minimum Gasteiger partial charge on any atom is -0.459 e. The van der Waals surface area contributed by atoms with Crippen LogP contribution in [0.25, 0.3) is 11.0 Å². The summed E-state index contributed by atoms with van der Waals surface area (Å²) < 4.78 is 5.76. The highest BCUT2D eigenvalue weighted by atomic mass is 16.3. The summed E-state index contributed by atoms with van der Waals surface area (Å²) in [4.78, 5) is 16.4. The molecule has 1 amide bonds. The number of hydrogen-bond acceptors (Lipinski definition) is 3. The zero-order valence-electron chi connectivity index (χ0n) is 12.0. The first-order chi connectivity index (χ1) is 10.1. The Balaban J connectivity index is 1.79. The summed E-state index contributed by atoms with van der Waals surface area (Å²) in [5, 5.41) is 3.94. The van der Waals surface area contributed by atoms with Gasteiger partial charge in [0, 0.05) is 11.1 Å². The fourth-order valence-electron chi connectivity index (χ4n) is 2.23. The lowest BCUT2D eigenvalue weighted by Gasteiger charge is -2.11. The van der Waals surface area contributed by atoms with Gasteiger partial charge in [-0.05, 0) is 38.1 Å². The van der Waals surface area contributed by atoms with Gasteiger partial charge in [0.15, 0.2) is 0 Å². The number of nitrogens with zero attached hydrogens (tertiary/aromatic N) is 1. The molecule has 1 N–H and O–H groups in total. The van der Waals surface area contributed by atoms with E-state index >= 15 is 0 Å². The summed E-state index contributed by atoms with van der Waals surface area (Å²) in [5.74, 6) is 0.531. The third kappa shape index (κ3) is 2.79. The number of fused-ring (bicyclic) bond motifs is 1. The molecule has 2 heterocycles. The highest BCUT2D eigenvalue weighted by Gasteiger charge is 2.16. The number of carbonyl (C=O) groups excluding carboxylic acids is 1. The summed E-state index contributed by atoms with van der Waals surface area (Å²) in [6, 6.07) is 14.9. The van der Waals surface area contributed by atoms with E-state index in [2.05, 4.69) is 10.3 Å². The number of aryl methyl sites for hydroxylation is 1. The van der Waals surface area contributed by atoms with E-state index in [4.69, 9.17) is 4.42 Å². The Bertz CT molecular complexity index is 759. The molecule has 1 unspecified atom stereocenters. The topological polar surface area (TPSA) is 55.1 Å². The zero-order chi connectivity index (χ0) is 14.8. The number of rotatable bonds is 3. The van der Waals surface area contributed by atoms with Crippen LogP contribution in [0.15, 0.2) is 52.9 Å². The molecular weight excluding hydrogens is 264 g/mol. The van der Waals surface area contributed by atoms with Crippen molar-refractivity contribution in [3.8, 4) is 0 Å². The second-order valence-electron chi connectivity index (χ2n) is 5.05. The van der Waals surface area contributed by atoms with Crippen LogP contribution >= 0.6 is 0 Å². The van der Waals surface area contributed by atoms with Gasteiger partial charge in [0.25, 0.3) is 5.91 Å². The third-order valence-corrected chi connectivity index (χ3v) is 3.34. The van der Waals surface area contributed by atoms with E-state index in [1.807, 2.05) is 56.3 Å². The van der Waals surface area contributed by atoms with Gasteiger partial charge in [0.1, 0.15) is 17.0 Å². The fourth-order valence-corrected chi connectivity index (χ4v) is 2.23. The van der Waals surface area contributed by atoms with Crippen molar-refractivity contribution in [3.05, 3.63) is 65.7 Å². The smallest absolute Gasteiger partial charge is 0.270 e. The van der Waals surface area contributed by atoms with Crippen molar-refractivity contribution in [1.29, 1.82) is 0 Å². The zero-order valence-corrected chi connectivity index (χ0v) is 12.0. The first-order valence-electron chi connectivity index (χ1n) is 6.86. The largest absolute Gasteiger partial charge is 0.459 e. The molecule has 0 aliphatic rings. The molecule has 21 heavy (non-hydrogen) atoms. The number of hydrogen-bond donors (Lipinski definition) is 1. The van der Waals surface area contributed by atoms with Gasteiger partial charge in [0.2, 0.25) is 0 Å². The molecule has 1 atom stereocenters. The van der Waals surface area contributed by atoms with Crippen molar-refractivity contribution in [3.63, 3.8) is 0 Å². The first-order valence-corrected chi connectivity index (χ1v) is 6.86. The molecule has 0 bridgehead atoms. The Morgan fingerprint density at radius 2 is 2.00 bits per heavy atom. The lowest BCUT2D eigenvalue weighted by atomic mass is 10.2. The molecule has 0 aliphatic carbocycles. The second kappa shape index (κ2) is 5.40. The average Bonchev–Trinajstić information content (AvgIpc) is 2.91. The van der Waals surface area contributed by atoms with Crippen molar-refractivity contribution in [1.82, 2.24) is 10.3 Å².